The first-order valence-corrected chi connectivity index (χ1v) is 6.12. The van der Waals surface area contributed by atoms with Gasteiger partial charge in [-0.15, -0.1) is 0 Å². The second kappa shape index (κ2) is 6.41. The van der Waals surface area contributed by atoms with Crippen molar-refractivity contribution in [2.75, 3.05) is 19.6 Å². The van der Waals surface area contributed by atoms with Crippen molar-refractivity contribution >= 4 is 0 Å². The van der Waals surface area contributed by atoms with Gasteiger partial charge in [0.2, 0.25) is 0 Å². The lowest BCUT2D eigenvalue weighted by Crippen LogP contribution is -2.26. The van der Waals surface area contributed by atoms with Gasteiger partial charge in [0.1, 0.15) is 0 Å². The van der Waals surface area contributed by atoms with Gasteiger partial charge in [0.25, 0.3) is 0 Å². The highest BCUT2D eigenvalue weighted by atomic mass is 16.3. The van der Waals surface area contributed by atoms with Crippen molar-refractivity contribution in [2.24, 2.45) is 5.92 Å². The average Bonchev–Trinajstić information content (AvgIpc) is 2.93. The van der Waals surface area contributed by atoms with Crippen molar-refractivity contribution < 1.29 is 5.11 Å². The summed E-state index contributed by atoms with van der Waals surface area (Å²) in [5.74, 6) is 1.01. The van der Waals surface area contributed by atoms with E-state index in [0.29, 0.717) is 0 Å². The minimum Gasteiger partial charge on any atom is -0.393 e. The molecule has 1 N–H and O–H groups in total. The number of hydrogen-bond acceptors (Lipinski definition) is 2. The van der Waals surface area contributed by atoms with Crippen LogP contribution in [0.4, 0.5) is 0 Å². The third kappa shape index (κ3) is 5.61. The molecule has 0 aromatic carbocycles. The molecule has 1 unspecified atom stereocenters. The summed E-state index contributed by atoms with van der Waals surface area (Å²) in [6.45, 7) is 7.84. The lowest BCUT2D eigenvalue weighted by molar-refractivity contribution is 0.176. The molecule has 0 aromatic rings. The Morgan fingerprint density at radius 3 is 2.57 bits per heavy atom. The Bertz CT molecular complexity index is 143. The molecule has 1 fully saturated rings. The van der Waals surface area contributed by atoms with E-state index in [1.807, 2.05) is 6.92 Å². The van der Waals surface area contributed by atoms with Gasteiger partial charge in [-0.05, 0) is 58.0 Å². The fourth-order valence-electron chi connectivity index (χ4n) is 1.82. The van der Waals surface area contributed by atoms with Crippen LogP contribution in [-0.4, -0.2) is 35.7 Å². The van der Waals surface area contributed by atoms with Crippen molar-refractivity contribution in [3.8, 4) is 0 Å². The molecule has 84 valence electrons. The normalized spacial score (nSPS) is 18.9. The van der Waals surface area contributed by atoms with Gasteiger partial charge >= 0.3 is 0 Å². The van der Waals surface area contributed by atoms with E-state index >= 15 is 0 Å². The van der Waals surface area contributed by atoms with Gasteiger partial charge in [0, 0.05) is 6.54 Å². The Morgan fingerprint density at radius 1 is 1.36 bits per heavy atom. The van der Waals surface area contributed by atoms with E-state index < -0.39 is 0 Å². The second-order valence-corrected chi connectivity index (χ2v) is 4.68. The molecule has 0 radical (unpaired) electrons. The van der Waals surface area contributed by atoms with Crippen LogP contribution in [-0.2, 0) is 0 Å². The highest BCUT2D eigenvalue weighted by Crippen LogP contribution is 2.29. The maximum Gasteiger partial charge on any atom is 0.0512 e. The van der Waals surface area contributed by atoms with E-state index in [-0.39, 0.29) is 6.10 Å². The number of rotatable bonds is 8. The van der Waals surface area contributed by atoms with Crippen LogP contribution >= 0.6 is 0 Å². The molecule has 1 rings (SSSR count). The molecular weight excluding hydrogens is 174 g/mol. The molecule has 1 aliphatic rings. The Labute approximate surface area is 88.3 Å². The minimum absolute atomic E-state index is 0.117. The summed E-state index contributed by atoms with van der Waals surface area (Å²) in [4.78, 5) is 2.56. The van der Waals surface area contributed by atoms with Crippen LogP contribution in [0.5, 0.6) is 0 Å². The van der Waals surface area contributed by atoms with Crippen molar-refractivity contribution in [3.63, 3.8) is 0 Å². The number of aliphatic hydroxyl groups is 1. The van der Waals surface area contributed by atoms with Crippen LogP contribution in [0.1, 0.15) is 46.0 Å². The number of hydrogen-bond donors (Lipinski definition) is 1. The monoisotopic (exact) mass is 199 g/mol. The predicted molar refractivity (Wildman–Crippen MR) is 60.4 cm³/mol. The number of unbranched alkanes of at least 4 members (excludes halogenated alkanes) is 1. The fraction of sp³-hybridized carbons (Fsp3) is 1.00. The van der Waals surface area contributed by atoms with Gasteiger partial charge in [0.05, 0.1) is 6.10 Å². The summed E-state index contributed by atoms with van der Waals surface area (Å²) in [5.41, 5.74) is 0. The van der Waals surface area contributed by atoms with Crippen LogP contribution in [0.3, 0.4) is 0 Å². The highest BCUT2D eigenvalue weighted by molar-refractivity contribution is 4.76. The molecule has 0 saturated heterocycles. The Hall–Kier alpha value is -0.0800. The van der Waals surface area contributed by atoms with Crippen molar-refractivity contribution in [2.45, 2.75) is 52.1 Å². The third-order valence-corrected chi connectivity index (χ3v) is 3.01. The zero-order valence-corrected chi connectivity index (χ0v) is 9.71. The first kappa shape index (κ1) is 12.0. The lowest BCUT2D eigenvalue weighted by atomic mass is 10.1. The van der Waals surface area contributed by atoms with Crippen molar-refractivity contribution in [1.82, 2.24) is 4.90 Å². The van der Waals surface area contributed by atoms with Gasteiger partial charge in [-0.2, -0.15) is 0 Å². The number of aliphatic hydroxyl groups excluding tert-OH is 1. The zero-order valence-electron chi connectivity index (χ0n) is 9.71. The van der Waals surface area contributed by atoms with E-state index in [1.54, 1.807) is 0 Å². The van der Waals surface area contributed by atoms with Crippen LogP contribution < -0.4 is 0 Å². The fourth-order valence-corrected chi connectivity index (χ4v) is 1.82. The summed E-state index contributed by atoms with van der Waals surface area (Å²) in [5, 5.41) is 9.12. The van der Waals surface area contributed by atoms with E-state index in [2.05, 4.69) is 11.8 Å². The molecule has 2 nitrogen and oxygen atoms in total. The third-order valence-electron chi connectivity index (χ3n) is 3.01. The predicted octanol–water partition coefficient (Wildman–Crippen LogP) is 2.27. The topological polar surface area (TPSA) is 23.5 Å². The SMILES string of the molecule is CCN(CCCCC(C)O)CC1CC1. The van der Waals surface area contributed by atoms with Crippen molar-refractivity contribution in [3.05, 3.63) is 0 Å². The molecule has 0 amide bonds. The Balaban J connectivity index is 1.96. The van der Waals surface area contributed by atoms with Gasteiger partial charge in [-0.25, -0.2) is 0 Å². The molecule has 1 aliphatic carbocycles. The van der Waals surface area contributed by atoms with Gasteiger partial charge in [0.15, 0.2) is 0 Å². The Morgan fingerprint density at radius 2 is 2.07 bits per heavy atom. The van der Waals surface area contributed by atoms with Crippen LogP contribution in [0, 0.1) is 5.92 Å². The summed E-state index contributed by atoms with van der Waals surface area (Å²) in [6, 6.07) is 0. The molecular formula is C12H25NO. The molecule has 0 spiro atoms. The summed E-state index contributed by atoms with van der Waals surface area (Å²) >= 11 is 0. The van der Waals surface area contributed by atoms with Crippen LogP contribution in [0.25, 0.3) is 0 Å². The molecule has 0 bridgehead atoms. The summed E-state index contributed by atoms with van der Waals surface area (Å²) in [6.07, 6.45) is 6.15. The first-order valence-electron chi connectivity index (χ1n) is 6.12. The van der Waals surface area contributed by atoms with Gasteiger partial charge in [-0.1, -0.05) is 6.92 Å². The van der Waals surface area contributed by atoms with E-state index in [1.165, 1.54) is 45.3 Å². The second-order valence-electron chi connectivity index (χ2n) is 4.68. The molecule has 1 atom stereocenters. The van der Waals surface area contributed by atoms with Gasteiger partial charge in [-0.3, -0.25) is 0 Å². The molecule has 0 aromatic heterocycles. The van der Waals surface area contributed by atoms with Crippen LogP contribution in [0.2, 0.25) is 0 Å². The highest BCUT2D eigenvalue weighted by Gasteiger charge is 2.23. The first-order chi connectivity index (χ1) is 6.72. The quantitative estimate of drug-likeness (QED) is 0.606. The maximum atomic E-state index is 9.12. The minimum atomic E-state index is -0.117. The van der Waals surface area contributed by atoms with Gasteiger partial charge < -0.3 is 10.0 Å². The number of nitrogens with zero attached hydrogens (tertiary/aromatic N) is 1. The van der Waals surface area contributed by atoms with Crippen molar-refractivity contribution in [1.29, 1.82) is 0 Å². The molecule has 0 aliphatic heterocycles. The molecule has 2 heteroatoms. The molecule has 14 heavy (non-hydrogen) atoms. The van der Waals surface area contributed by atoms with Crippen LogP contribution in [0.15, 0.2) is 0 Å². The summed E-state index contributed by atoms with van der Waals surface area (Å²) < 4.78 is 0. The largest absolute Gasteiger partial charge is 0.393 e. The van der Waals surface area contributed by atoms with E-state index in [9.17, 15) is 0 Å². The average molecular weight is 199 g/mol. The van der Waals surface area contributed by atoms with E-state index in [0.717, 1.165) is 12.3 Å². The lowest BCUT2D eigenvalue weighted by Gasteiger charge is -2.20. The summed E-state index contributed by atoms with van der Waals surface area (Å²) in [7, 11) is 0. The van der Waals surface area contributed by atoms with E-state index in [4.69, 9.17) is 5.11 Å². The maximum absolute atomic E-state index is 9.12. The molecule has 0 heterocycles. The standard InChI is InChI=1S/C12H25NO/c1-3-13(10-12-7-8-12)9-5-4-6-11(2)14/h11-12,14H,3-10H2,1-2H3. The molecule has 1 saturated carbocycles. The Kier molecular flexibility index (Phi) is 5.49. The smallest absolute Gasteiger partial charge is 0.0512 e. The zero-order chi connectivity index (χ0) is 10.4.